The maximum atomic E-state index is 13.2. The Bertz CT molecular complexity index is 1100. The van der Waals surface area contributed by atoms with Crippen LogP contribution >= 0.6 is 15.9 Å². The van der Waals surface area contributed by atoms with E-state index in [-0.39, 0.29) is 10.7 Å². The fourth-order valence-corrected chi connectivity index (χ4v) is 4.63. The number of ketones is 1. The first-order valence-electron chi connectivity index (χ1n) is 8.26. The zero-order valence-corrected chi connectivity index (χ0v) is 17.3. The SMILES string of the molecule is Cc1ccccc1S(=O)(=O)N(C)c1ccc(Br)cc1C(=O)c1ccccc1. The molecular formula is C21H18BrNO3S. The van der Waals surface area contributed by atoms with Crippen LogP contribution in [-0.2, 0) is 10.0 Å². The lowest BCUT2D eigenvalue weighted by molar-refractivity contribution is 0.103. The van der Waals surface area contributed by atoms with Crippen molar-refractivity contribution in [2.75, 3.05) is 11.4 Å². The number of carbonyl (C=O) groups is 1. The van der Waals surface area contributed by atoms with Crippen molar-refractivity contribution in [3.05, 3.63) is 94.0 Å². The highest BCUT2D eigenvalue weighted by atomic mass is 79.9. The van der Waals surface area contributed by atoms with Gasteiger partial charge in [-0.05, 0) is 36.8 Å². The van der Waals surface area contributed by atoms with Crippen LogP contribution < -0.4 is 4.31 Å². The summed E-state index contributed by atoms with van der Waals surface area (Å²) in [5, 5.41) is 0. The lowest BCUT2D eigenvalue weighted by Gasteiger charge is -2.23. The van der Waals surface area contributed by atoms with Crippen LogP contribution in [0.5, 0.6) is 0 Å². The molecule has 0 atom stereocenters. The van der Waals surface area contributed by atoms with E-state index in [0.29, 0.717) is 26.9 Å². The summed E-state index contributed by atoms with van der Waals surface area (Å²) in [6.45, 7) is 1.75. The summed E-state index contributed by atoms with van der Waals surface area (Å²) in [5.74, 6) is -0.237. The zero-order valence-electron chi connectivity index (χ0n) is 14.9. The monoisotopic (exact) mass is 443 g/mol. The quantitative estimate of drug-likeness (QED) is 0.531. The molecule has 3 aromatic rings. The first-order chi connectivity index (χ1) is 12.8. The van der Waals surface area contributed by atoms with Crippen LogP contribution in [-0.4, -0.2) is 21.2 Å². The summed E-state index contributed by atoms with van der Waals surface area (Å²) in [5.41, 5.74) is 1.79. The minimum absolute atomic E-state index is 0.216. The van der Waals surface area contributed by atoms with E-state index in [4.69, 9.17) is 0 Å². The number of rotatable bonds is 5. The van der Waals surface area contributed by atoms with Crippen LogP contribution in [0.3, 0.4) is 0 Å². The highest BCUT2D eigenvalue weighted by molar-refractivity contribution is 9.10. The van der Waals surface area contributed by atoms with Crippen LogP contribution in [0.2, 0.25) is 0 Å². The van der Waals surface area contributed by atoms with Gasteiger partial charge >= 0.3 is 0 Å². The fourth-order valence-electron chi connectivity index (χ4n) is 2.83. The number of sulfonamides is 1. The minimum atomic E-state index is -3.81. The summed E-state index contributed by atoms with van der Waals surface area (Å²) < 4.78 is 28.2. The van der Waals surface area contributed by atoms with E-state index in [1.807, 2.05) is 6.07 Å². The van der Waals surface area contributed by atoms with Gasteiger partial charge in [-0.1, -0.05) is 64.5 Å². The summed E-state index contributed by atoms with van der Waals surface area (Å²) in [4.78, 5) is 13.2. The third-order valence-electron chi connectivity index (χ3n) is 4.31. The van der Waals surface area contributed by atoms with Crippen molar-refractivity contribution in [2.24, 2.45) is 0 Å². The molecule has 0 saturated heterocycles. The molecule has 27 heavy (non-hydrogen) atoms. The Morgan fingerprint density at radius 2 is 1.56 bits per heavy atom. The van der Waals surface area contributed by atoms with Crippen LogP contribution in [0.4, 0.5) is 5.69 Å². The van der Waals surface area contributed by atoms with E-state index in [2.05, 4.69) is 15.9 Å². The molecule has 0 fully saturated rings. The van der Waals surface area contributed by atoms with Crippen molar-refractivity contribution in [3.63, 3.8) is 0 Å². The molecule has 0 radical (unpaired) electrons. The number of carbonyl (C=O) groups excluding carboxylic acids is 1. The van der Waals surface area contributed by atoms with E-state index >= 15 is 0 Å². The van der Waals surface area contributed by atoms with Gasteiger partial charge in [-0.15, -0.1) is 0 Å². The number of hydrogen-bond donors (Lipinski definition) is 0. The van der Waals surface area contributed by atoms with Gasteiger partial charge in [0.1, 0.15) is 0 Å². The molecule has 0 bridgehead atoms. The Hall–Kier alpha value is -2.44. The number of halogens is 1. The second-order valence-electron chi connectivity index (χ2n) is 6.09. The molecule has 4 nitrogen and oxygen atoms in total. The van der Waals surface area contributed by atoms with Crippen molar-refractivity contribution >= 4 is 37.4 Å². The highest BCUT2D eigenvalue weighted by Gasteiger charge is 2.26. The molecule has 3 rings (SSSR count). The van der Waals surface area contributed by atoms with Crippen molar-refractivity contribution in [1.82, 2.24) is 0 Å². The van der Waals surface area contributed by atoms with E-state index in [1.54, 1.807) is 73.7 Å². The van der Waals surface area contributed by atoms with E-state index in [0.717, 1.165) is 4.31 Å². The van der Waals surface area contributed by atoms with Gasteiger partial charge in [0, 0.05) is 22.6 Å². The molecule has 0 N–H and O–H groups in total. The molecule has 0 aliphatic rings. The molecule has 0 saturated carbocycles. The number of nitrogens with zero attached hydrogens (tertiary/aromatic N) is 1. The first-order valence-corrected chi connectivity index (χ1v) is 10.5. The molecule has 6 heteroatoms. The Morgan fingerprint density at radius 3 is 2.22 bits per heavy atom. The molecule has 0 aliphatic heterocycles. The first kappa shape index (κ1) is 19.3. The van der Waals surface area contributed by atoms with Crippen molar-refractivity contribution in [3.8, 4) is 0 Å². The fraction of sp³-hybridized carbons (Fsp3) is 0.0952. The second-order valence-corrected chi connectivity index (χ2v) is 8.95. The summed E-state index contributed by atoms with van der Waals surface area (Å²) in [7, 11) is -2.34. The molecule has 3 aromatic carbocycles. The molecule has 0 unspecified atom stereocenters. The Labute approximate surface area is 167 Å². The van der Waals surface area contributed by atoms with Gasteiger partial charge < -0.3 is 0 Å². The maximum absolute atomic E-state index is 13.2. The van der Waals surface area contributed by atoms with Crippen LogP contribution in [0.25, 0.3) is 0 Å². The standard InChI is InChI=1S/C21H18BrNO3S/c1-15-8-6-7-11-20(15)27(25,26)23(2)19-13-12-17(22)14-18(19)21(24)16-9-4-3-5-10-16/h3-14H,1-2H3. The minimum Gasteiger partial charge on any atom is -0.289 e. The van der Waals surface area contributed by atoms with Gasteiger partial charge in [0.2, 0.25) is 0 Å². The third-order valence-corrected chi connectivity index (χ3v) is 6.74. The summed E-state index contributed by atoms with van der Waals surface area (Å²) in [6, 6.07) is 20.6. The van der Waals surface area contributed by atoms with E-state index in [1.165, 1.54) is 7.05 Å². The Kier molecular flexibility index (Phi) is 5.48. The van der Waals surface area contributed by atoms with Crippen LogP contribution in [0, 0.1) is 6.92 Å². The predicted molar refractivity (Wildman–Crippen MR) is 111 cm³/mol. The van der Waals surface area contributed by atoms with Gasteiger partial charge in [-0.3, -0.25) is 9.10 Å². The average molecular weight is 444 g/mol. The van der Waals surface area contributed by atoms with Crippen molar-refractivity contribution in [2.45, 2.75) is 11.8 Å². The van der Waals surface area contributed by atoms with Gasteiger partial charge in [-0.2, -0.15) is 0 Å². The third kappa shape index (κ3) is 3.82. The zero-order chi connectivity index (χ0) is 19.6. The normalized spacial score (nSPS) is 11.2. The molecule has 0 aliphatic carbocycles. The lowest BCUT2D eigenvalue weighted by atomic mass is 10.0. The Morgan fingerprint density at radius 1 is 0.926 bits per heavy atom. The predicted octanol–water partition coefficient (Wildman–Crippen LogP) is 4.81. The second kappa shape index (κ2) is 7.66. The number of hydrogen-bond acceptors (Lipinski definition) is 3. The average Bonchev–Trinajstić information content (AvgIpc) is 2.67. The maximum Gasteiger partial charge on any atom is 0.264 e. The molecule has 0 heterocycles. The van der Waals surface area contributed by atoms with Crippen LogP contribution in [0.15, 0.2) is 82.2 Å². The summed E-state index contributed by atoms with van der Waals surface area (Å²) >= 11 is 3.37. The molecule has 0 amide bonds. The largest absolute Gasteiger partial charge is 0.289 e. The van der Waals surface area contributed by atoms with Crippen molar-refractivity contribution in [1.29, 1.82) is 0 Å². The summed E-state index contributed by atoms with van der Waals surface area (Å²) in [6.07, 6.45) is 0. The van der Waals surface area contributed by atoms with Gasteiger partial charge in [0.05, 0.1) is 10.6 Å². The smallest absolute Gasteiger partial charge is 0.264 e. The van der Waals surface area contributed by atoms with Gasteiger partial charge in [0.15, 0.2) is 5.78 Å². The highest BCUT2D eigenvalue weighted by Crippen LogP contribution is 2.30. The van der Waals surface area contributed by atoms with E-state index in [9.17, 15) is 13.2 Å². The topological polar surface area (TPSA) is 54.5 Å². The number of anilines is 1. The lowest BCUT2D eigenvalue weighted by Crippen LogP contribution is -2.28. The van der Waals surface area contributed by atoms with Gasteiger partial charge in [-0.25, -0.2) is 8.42 Å². The molecule has 138 valence electrons. The Balaban J connectivity index is 2.12. The number of aryl methyl sites for hydroxylation is 1. The van der Waals surface area contributed by atoms with Gasteiger partial charge in [0.25, 0.3) is 10.0 Å². The van der Waals surface area contributed by atoms with Crippen molar-refractivity contribution < 1.29 is 13.2 Å². The van der Waals surface area contributed by atoms with E-state index < -0.39 is 10.0 Å². The molecule has 0 spiro atoms. The van der Waals surface area contributed by atoms with Crippen LogP contribution in [0.1, 0.15) is 21.5 Å². The molecular weight excluding hydrogens is 426 g/mol. The molecule has 0 aromatic heterocycles. The number of benzene rings is 3.